The Morgan fingerprint density at radius 3 is 1.08 bits per heavy atom. The minimum absolute atomic E-state index is 0. The maximum Gasteiger partial charge on any atom is 1.00 e. The molecular weight excluding hydrogens is 178 g/mol. The van der Waals surface area contributed by atoms with Crippen LogP contribution in [0.3, 0.4) is 0 Å². The van der Waals surface area contributed by atoms with E-state index in [2.05, 4.69) is 0 Å². The first-order chi connectivity index (χ1) is 5.20. The molecule has 7 nitrogen and oxygen atoms in total. The molecule has 0 amide bonds. The molecule has 9 heteroatoms. The first-order valence-corrected chi connectivity index (χ1v) is 2.61. The van der Waals surface area contributed by atoms with Gasteiger partial charge in [0.2, 0.25) is 0 Å². The van der Waals surface area contributed by atoms with Crippen molar-refractivity contribution < 1.29 is 53.7 Å². The molecule has 0 aliphatic heterocycles. The minimum Gasteiger partial charge on any atom is -0.832 e. The summed E-state index contributed by atoms with van der Waals surface area (Å²) in [4.78, 5) is 18.0. The topological polar surface area (TPSA) is 138 Å². The molecule has 0 atom stereocenters. The van der Waals surface area contributed by atoms with Gasteiger partial charge < -0.3 is 25.3 Å². The summed E-state index contributed by atoms with van der Waals surface area (Å²) in [6.45, 7) is 2.17. The zero-order valence-corrected chi connectivity index (χ0v) is 7.59. The summed E-state index contributed by atoms with van der Waals surface area (Å²) < 4.78 is 0. The third-order valence-electron chi connectivity index (χ3n) is 0. The third-order valence-corrected chi connectivity index (χ3v) is 0. The number of carboxylic acid groups (broad SMARTS) is 2. The van der Waals surface area contributed by atoms with E-state index < -0.39 is 19.3 Å². The summed E-state index contributed by atoms with van der Waals surface area (Å²) in [5.74, 6) is -1.67. The molecule has 0 aliphatic carbocycles. The van der Waals surface area contributed by atoms with Gasteiger partial charge in [-0.1, -0.05) is 0 Å². The maximum atomic E-state index is 9.00. The van der Waals surface area contributed by atoms with E-state index in [0.717, 1.165) is 13.8 Å². The van der Waals surface area contributed by atoms with Crippen molar-refractivity contribution in [3.8, 4) is 0 Å². The van der Waals surface area contributed by atoms with Crippen LogP contribution in [0, 0.1) is 0 Å². The molecular formula is C4H10BLiO7. The van der Waals surface area contributed by atoms with E-state index in [1.165, 1.54) is 0 Å². The number of hydrogen-bond donors (Lipinski definition) is 4. The fraction of sp³-hybridized carbons (Fsp3) is 0.500. The molecule has 0 unspecified atom stereocenters. The van der Waals surface area contributed by atoms with E-state index in [1.807, 2.05) is 0 Å². The predicted octanol–water partition coefficient (Wildman–Crippen LogP) is -5.50. The van der Waals surface area contributed by atoms with Crippen LogP contribution >= 0.6 is 0 Å². The van der Waals surface area contributed by atoms with Crippen molar-refractivity contribution in [2.75, 3.05) is 0 Å². The van der Waals surface area contributed by atoms with E-state index in [1.54, 1.807) is 0 Å². The van der Waals surface area contributed by atoms with Gasteiger partial charge in [-0.2, -0.15) is 0 Å². The molecule has 0 rings (SSSR count). The van der Waals surface area contributed by atoms with Gasteiger partial charge in [0.05, 0.1) is 0 Å². The molecule has 0 bridgehead atoms. The van der Waals surface area contributed by atoms with Gasteiger partial charge in [0, 0.05) is 13.8 Å². The maximum absolute atomic E-state index is 9.00. The number of aliphatic carboxylic acids is 2. The molecule has 4 N–H and O–H groups in total. The van der Waals surface area contributed by atoms with Gasteiger partial charge >= 0.3 is 26.2 Å². The van der Waals surface area contributed by atoms with Gasteiger partial charge in [0.25, 0.3) is 11.9 Å². The fourth-order valence-corrected chi connectivity index (χ4v) is 0. The normalized spacial score (nSPS) is 5.92. The van der Waals surface area contributed by atoms with Crippen molar-refractivity contribution in [3.05, 3.63) is 0 Å². The Morgan fingerprint density at radius 2 is 1.08 bits per heavy atom. The van der Waals surface area contributed by atoms with E-state index in [-0.39, 0.29) is 18.9 Å². The van der Waals surface area contributed by atoms with E-state index in [4.69, 9.17) is 34.9 Å². The van der Waals surface area contributed by atoms with Crippen LogP contribution in [0.25, 0.3) is 0 Å². The Balaban J connectivity index is -0.0000000450. The standard InChI is InChI=1S/2C2H4O2.BH2O3.Li/c2*1-2(3)4;2-1(3)4;/h2*1H3,(H,3,4);2-3H;/q;;-1;+1. The van der Waals surface area contributed by atoms with Gasteiger partial charge in [0.15, 0.2) is 0 Å². The van der Waals surface area contributed by atoms with Crippen molar-refractivity contribution >= 4 is 19.3 Å². The van der Waals surface area contributed by atoms with Crippen LogP contribution in [0.15, 0.2) is 0 Å². The van der Waals surface area contributed by atoms with Gasteiger partial charge in [-0.05, 0) is 0 Å². The third kappa shape index (κ3) is 3850. The first-order valence-electron chi connectivity index (χ1n) is 2.61. The van der Waals surface area contributed by atoms with Crippen LogP contribution in [-0.4, -0.2) is 39.5 Å². The molecule has 0 aliphatic rings. The first kappa shape index (κ1) is 22.9. The van der Waals surface area contributed by atoms with Crippen molar-refractivity contribution in [1.82, 2.24) is 0 Å². The number of carbonyl (C=O) groups is 2. The summed E-state index contributed by atoms with van der Waals surface area (Å²) in [7, 11) is -2.42. The predicted molar refractivity (Wildman–Crippen MR) is 36.8 cm³/mol. The molecule has 0 fully saturated rings. The van der Waals surface area contributed by atoms with Gasteiger partial charge in [0.1, 0.15) is 0 Å². The Labute approximate surface area is 87.4 Å². The van der Waals surface area contributed by atoms with Gasteiger partial charge in [-0.25, -0.2) is 0 Å². The van der Waals surface area contributed by atoms with E-state index in [9.17, 15) is 0 Å². The molecule has 0 aromatic heterocycles. The fourth-order valence-electron chi connectivity index (χ4n) is 0. The average Bonchev–Trinajstić information content (AvgIpc) is 1.54. The van der Waals surface area contributed by atoms with Crippen LogP contribution in [0.4, 0.5) is 0 Å². The molecule has 0 aromatic carbocycles. The second kappa shape index (κ2) is 17.5. The molecule has 0 radical (unpaired) electrons. The summed E-state index contributed by atoms with van der Waals surface area (Å²) in [6, 6.07) is 0. The number of hydrogen-bond acceptors (Lipinski definition) is 5. The van der Waals surface area contributed by atoms with Gasteiger partial charge in [-0.3, -0.25) is 9.59 Å². The smallest absolute Gasteiger partial charge is 0.832 e. The van der Waals surface area contributed by atoms with Crippen LogP contribution in [-0.2, 0) is 9.59 Å². The Kier molecular flexibility index (Phi) is 30.9. The summed E-state index contributed by atoms with van der Waals surface area (Å²) in [6.07, 6.45) is 0. The summed E-state index contributed by atoms with van der Waals surface area (Å²) in [5, 5.41) is 37.6. The van der Waals surface area contributed by atoms with Crippen LogP contribution < -0.4 is 23.9 Å². The molecule has 0 aromatic rings. The average molecular weight is 188 g/mol. The zero-order valence-electron chi connectivity index (χ0n) is 7.59. The van der Waals surface area contributed by atoms with Crippen molar-refractivity contribution in [3.63, 3.8) is 0 Å². The van der Waals surface area contributed by atoms with Gasteiger partial charge in [-0.15, -0.1) is 0 Å². The second-order valence-corrected chi connectivity index (χ2v) is 1.36. The molecule has 0 spiro atoms. The van der Waals surface area contributed by atoms with Crippen molar-refractivity contribution in [1.29, 1.82) is 0 Å². The van der Waals surface area contributed by atoms with E-state index >= 15 is 0 Å². The minimum atomic E-state index is -2.42. The summed E-state index contributed by atoms with van der Waals surface area (Å²) >= 11 is 0. The Hall–Kier alpha value is -0.518. The Bertz CT molecular complexity index is 105. The van der Waals surface area contributed by atoms with Crippen LogP contribution in [0.5, 0.6) is 0 Å². The SMILES string of the molecule is CC(=O)O.CC(=O)O.[Li+].[O-]B(O)O. The zero-order chi connectivity index (χ0) is 10.7. The Morgan fingerprint density at radius 1 is 1.08 bits per heavy atom. The van der Waals surface area contributed by atoms with Crippen molar-refractivity contribution in [2.45, 2.75) is 13.8 Å². The van der Waals surface area contributed by atoms with Crippen LogP contribution in [0.1, 0.15) is 13.8 Å². The molecule has 72 valence electrons. The largest absolute Gasteiger partial charge is 1.00 e. The number of carboxylic acids is 2. The van der Waals surface area contributed by atoms with Crippen molar-refractivity contribution in [2.24, 2.45) is 0 Å². The number of rotatable bonds is 0. The summed E-state index contributed by atoms with van der Waals surface area (Å²) in [5.41, 5.74) is 0. The quantitative estimate of drug-likeness (QED) is 0.278. The van der Waals surface area contributed by atoms with E-state index in [0.29, 0.717) is 0 Å². The monoisotopic (exact) mass is 188 g/mol. The molecule has 0 saturated heterocycles. The molecule has 0 heterocycles. The molecule has 13 heavy (non-hydrogen) atoms. The second-order valence-electron chi connectivity index (χ2n) is 1.36. The molecule has 0 saturated carbocycles. The van der Waals surface area contributed by atoms with Crippen LogP contribution in [0.2, 0.25) is 0 Å².